The largest absolute Gasteiger partial charge is 0.268 e. The van der Waals surface area contributed by atoms with Crippen LogP contribution in [0.1, 0.15) is 28.0 Å². The van der Waals surface area contributed by atoms with Crippen molar-refractivity contribution in [3.63, 3.8) is 0 Å². The van der Waals surface area contributed by atoms with E-state index in [0.717, 1.165) is 51.6 Å². The Morgan fingerprint density at radius 3 is 2.77 bits per heavy atom. The van der Waals surface area contributed by atoms with Crippen molar-refractivity contribution in [1.82, 2.24) is 19.2 Å². The van der Waals surface area contributed by atoms with E-state index in [9.17, 15) is 4.79 Å². The van der Waals surface area contributed by atoms with Crippen molar-refractivity contribution in [3.8, 4) is 5.69 Å². The first-order valence-corrected chi connectivity index (χ1v) is 12.2. The second-order valence-electron chi connectivity index (χ2n) is 7.91. The number of aromatic nitrogens is 4. The van der Waals surface area contributed by atoms with Crippen molar-refractivity contribution >= 4 is 39.1 Å². The first-order chi connectivity index (χ1) is 15.2. The summed E-state index contributed by atoms with van der Waals surface area (Å²) >= 11 is 3.39. The van der Waals surface area contributed by atoms with Crippen molar-refractivity contribution in [2.45, 2.75) is 37.1 Å². The first kappa shape index (κ1) is 18.8. The molecule has 7 heteroatoms. The SMILES string of the molecule is Cc1cccc(-n2c(=O)c3c4c(sc3n3c(SCc5ccccc5)nnc23)CCC4)c1. The zero-order valence-corrected chi connectivity index (χ0v) is 18.7. The van der Waals surface area contributed by atoms with Crippen LogP contribution in [0.4, 0.5) is 0 Å². The summed E-state index contributed by atoms with van der Waals surface area (Å²) in [6.07, 6.45) is 3.14. The third-order valence-corrected chi connectivity index (χ3v) is 8.09. The standard InChI is InChI=1S/C24H20N4OS2/c1-15-7-5-10-17(13-15)27-21(29)20-18-11-6-12-19(18)31-22(20)28-23(27)25-26-24(28)30-14-16-8-3-2-4-9-16/h2-5,7-10,13H,6,11-12,14H2,1H3. The molecule has 0 saturated heterocycles. The molecule has 0 amide bonds. The summed E-state index contributed by atoms with van der Waals surface area (Å²) in [6.45, 7) is 2.04. The van der Waals surface area contributed by atoms with Crippen molar-refractivity contribution in [2.75, 3.05) is 0 Å². The van der Waals surface area contributed by atoms with Crippen molar-refractivity contribution < 1.29 is 0 Å². The molecule has 1 aliphatic rings. The fourth-order valence-corrected chi connectivity index (χ4v) is 6.70. The average molecular weight is 445 g/mol. The molecule has 0 spiro atoms. The molecule has 0 saturated carbocycles. The molecule has 6 rings (SSSR count). The van der Waals surface area contributed by atoms with Gasteiger partial charge in [-0.25, -0.2) is 8.97 Å². The van der Waals surface area contributed by atoms with E-state index in [1.807, 2.05) is 37.3 Å². The van der Waals surface area contributed by atoms with Crippen LogP contribution in [0.2, 0.25) is 0 Å². The molecule has 3 heterocycles. The van der Waals surface area contributed by atoms with Gasteiger partial charge in [0, 0.05) is 10.6 Å². The van der Waals surface area contributed by atoms with Gasteiger partial charge in [-0.1, -0.05) is 54.2 Å². The number of fused-ring (bicyclic) bond motifs is 5. The lowest BCUT2D eigenvalue weighted by Gasteiger charge is -2.10. The molecule has 3 aromatic heterocycles. The molecule has 0 fully saturated rings. The smallest absolute Gasteiger partial charge is 0.268 e. The summed E-state index contributed by atoms with van der Waals surface area (Å²) in [5, 5.41) is 10.7. The Bertz CT molecular complexity index is 1500. The Morgan fingerprint density at radius 1 is 1.06 bits per heavy atom. The highest BCUT2D eigenvalue weighted by Crippen LogP contribution is 2.37. The summed E-state index contributed by atoms with van der Waals surface area (Å²) in [5.74, 6) is 1.39. The summed E-state index contributed by atoms with van der Waals surface area (Å²) in [5.41, 5.74) is 4.42. The lowest BCUT2D eigenvalue weighted by Crippen LogP contribution is -2.22. The molecule has 5 nitrogen and oxygen atoms in total. The zero-order chi connectivity index (χ0) is 20.9. The highest BCUT2D eigenvalue weighted by molar-refractivity contribution is 7.98. The fraction of sp³-hybridized carbons (Fsp3) is 0.208. The lowest BCUT2D eigenvalue weighted by atomic mass is 10.2. The number of benzene rings is 2. The third kappa shape index (κ3) is 3.03. The van der Waals surface area contributed by atoms with Gasteiger partial charge in [-0.05, 0) is 55.0 Å². The Morgan fingerprint density at radius 2 is 1.94 bits per heavy atom. The van der Waals surface area contributed by atoms with Crippen molar-refractivity contribution in [3.05, 3.63) is 86.5 Å². The monoisotopic (exact) mass is 444 g/mol. The molecule has 0 aliphatic heterocycles. The van der Waals surface area contributed by atoms with Crippen LogP contribution >= 0.6 is 23.1 Å². The van der Waals surface area contributed by atoms with Gasteiger partial charge < -0.3 is 0 Å². The first-order valence-electron chi connectivity index (χ1n) is 10.4. The Balaban J connectivity index is 1.62. The Labute approximate surface area is 187 Å². The molecule has 0 unspecified atom stereocenters. The van der Waals surface area contributed by atoms with Crippen LogP contribution in [0.25, 0.3) is 21.7 Å². The van der Waals surface area contributed by atoms with E-state index < -0.39 is 0 Å². The number of nitrogens with zero attached hydrogens (tertiary/aromatic N) is 4. The van der Waals surface area contributed by atoms with Crippen LogP contribution in [0.3, 0.4) is 0 Å². The van der Waals surface area contributed by atoms with Gasteiger partial charge in [0.1, 0.15) is 4.83 Å². The number of hydrogen-bond donors (Lipinski definition) is 0. The molecular formula is C24H20N4OS2. The third-order valence-electron chi connectivity index (χ3n) is 5.81. The van der Waals surface area contributed by atoms with E-state index in [-0.39, 0.29) is 5.56 Å². The highest BCUT2D eigenvalue weighted by Gasteiger charge is 2.26. The minimum Gasteiger partial charge on any atom is -0.268 e. The molecule has 0 bridgehead atoms. The molecule has 2 aromatic carbocycles. The Kier molecular flexibility index (Phi) is 4.47. The highest BCUT2D eigenvalue weighted by atomic mass is 32.2. The predicted molar refractivity (Wildman–Crippen MR) is 127 cm³/mol. The molecule has 0 radical (unpaired) electrons. The van der Waals surface area contributed by atoms with Crippen LogP contribution < -0.4 is 5.56 Å². The Hall–Kier alpha value is -2.90. The maximum absolute atomic E-state index is 13.7. The topological polar surface area (TPSA) is 52.2 Å². The van der Waals surface area contributed by atoms with Crippen LogP contribution in [0.5, 0.6) is 0 Å². The zero-order valence-electron chi connectivity index (χ0n) is 17.0. The lowest BCUT2D eigenvalue weighted by molar-refractivity contribution is 0.910. The van der Waals surface area contributed by atoms with Crippen LogP contribution in [-0.4, -0.2) is 19.2 Å². The van der Waals surface area contributed by atoms with E-state index in [1.165, 1.54) is 16.0 Å². The maximum Gasteiger partial charge on any atom is 0.268 e. The van der Waals surface area contributed by atoms with Gasteiger partial charge in [-0.15, -0.1) is 21.5 Å². The number of rotatable bonds is 4. The molecule has 0 atom stereocenters. The van der Waals surface area contributed by atoms with E-state index >= 15 is 0 Å². The summed E-state index contributed by atoms with van der Waals surface area (Å²) in [6, 6.07) is 18.4. The number of thiophene rings is 1. The summed E-state index contributed by atoms with van der Waals surface area (Å²) < 4.78 is 3.83. The van der Waals surface area contributed by atoms with Crippen LogP contribution in [0.15, 0.2) is 64.5 Å². The normalized spacial score (nSPS) is 13.3. The summed E-state index contributed by atoms with van der Waals surface area (Å²) in [4.78, 5) is 16.1. The summed E-state index contributed by atoms with van der Waals surface area (Å²) in [7, 11) is 0. The van der Waals surface area contributed by atoms with E-state index in [4.69, 9.17) is 0 Å². The number of aryl methyl sites for hydroxylation is 3. The quantitative estimate of drug-likeness (QED) is 0.358. The van der Waals surface area contributed by atoms with Crippen molar-refractivity contribution in [1.29, 1.82) is 0 Å². The molecule has 1 aliphatic carbocycles. The molecule has 31 heavy (non-hydrogen) atoms. The number of hydrogen-bond acceptors (Lipinski definition) is 5. The van der Waals surface area contributed by atoms with Gasteiger partial charge >= 0.3 is 0 Å². The van der Waals surface area contributed by atoms with Gasteiger partial charge in [0.15, 0.2) is 5.16 Å². The second-order valence-corrected chi connectivity index (χ2v) is 9.94. The molecule has 154 valence electrons. The predicted octanol–water partition coefficient (Wildman–Crippen LogP) is 5.18. The molecule has 0 N–H and O–H groups in total. The molecule has 5 aromatic rings. The van der Waals surface area contributed by atoms with E-state index in [2.05, 4.69) is 38.9 Å². The maximum atomic E-state index is 13.7. The average Bonchev–Trinajstić information content (AvgIpc) is 3.47. The minimum atomic E-state index is 0.0134. The van der Waals surface area contributed by atoms with Crippen LogP contribution in [0, 0.1) is 6.92 Å². The van der Waals surface area contributed by atoms with Gasteiger partial charge in [0.2, 0.25) is 5.78 Å². The second kappa shape index (κ2) is 7.35. The van der Waals surface area contributed by atoms with Crippen LogP contribution in [-0.2, 0) is 18.6 Å². The number of thioether (sulfide) groups is 1. The van der Waals surface area contributed by atoms with Gasteiger partial charge in [0.05, 0.1) is 11.1 Å². The van der Waals surface area contributed by atoms with Gasteiger partial charge in [-0.3, -0.25) is 4.79 Å². The van der Waals surface area contributed by atoms with E-state index in [1.54, 1.807) is 27.7 Å². The van der Waals surface area contributed by atoms with Gasteiger partial charge in [0.25, 0.3) is 5.56 Å². The molecular weight excluding hydrogens is 424 g/mol. The van der Waals surface area contributed by atoms with Crippen molar-refractivity contribution in [2.24, 2.45) is 0 Å². The minimum absolute atomic E-state index is 0.0134. The fourth-order valence-electron chi connectivity index (χ4n) is 4.37. The van der Waals surface area contributed by atoms with E-state index in [0.29, 0.717) is 5.78 Å². The van der Waals surface area contributed by atoms with Gasteiger partial charge in [-0.2, -0.15) is 0 Å².